The molecule has 0 radical (unpaired) electrons. The molecule has 3 nitrogen and oxygen atoms in total. The largest absolute Gasteiger partial charge is 0.443 e. The zero-order valence-corrected chi connectivity index (χ0v) is 10.3. The van der Waals surface area contributed by atoms with Crippen molar-refractivity contribution in [2.45, 2.75) is 43.7 Å². The van der Waals surface area contributed by atoms with Crippen molar-refractivity contribution in [3.63, 3.8) is 0 Å². The minimum absolute atomic E-state index is 0.112. The lowest BCUT2D eigenvalue weighted by molar-refractivity contribution is -0.137. The summed E-state index contributed by atoms with van der Waals surface area (Å²) in [6.45, 7) is 0. The van der Waals surface area contributed by atoms with E-state index in [9.17, 15) is 13.2 Å². The third kappa shape index (κ3) is 2.04. The Morgan fingerprint density at radius 3 is 2.72 bits per heavy atom. The smallest absolute Gasteiger partial charge is 0.375 e. The topological polar surface area (TPSA) is 48.1 Å². The van der Waals surface area contributed by atoms with Gasteiger partial charge in [-0.2, -0.15) is 13.2 Å². The fourth-order valence-electron chi connectivity index (χ4n) is 2.84. The fourth-order valence-corrected chi connectivity index (χ4v) is 3.70. The Bertz CT molecular complexity index is 448. The van der Waals surface area contributed by atoms with Crippen LogP contribution in [0.25, 0.3) is 0 Å². The van der Waals surface area contributed by atoms with Crippen molar-refractivity contribution in [1.82, 2.24) is 4.98 Å². The first-order chi connectivity index (χ1) is 8.45. The highest BCUT2D eigenvalue weighted by Gasteiger charge is 2.44. The molecule has 2 aliphatic heterocycles. The van der Waals surface area contributed by atoms with Crippen LogP contribution in [0.1, 0.15) is 35.2 Å². The maximum Gasteiger partial charge on any atom is 0.443 e. The maximum absolute atomic E-state index is 12.5. The molecule has 4 atom stereocenters. The first-order valence-electron chi connectivity index (χ1n) is 5.89. The van der Waals surface area contributed by atoms with Gasteiger partial charge in [-0.1, -0.05) is 0 Å². The molecule has 2 bridgehead atoms. The van der Waals surface area contributed by atoms with Gasteiger partial charge in [-0.05, 0) is 19.3 Å². The predicted octanol–water partition coefficient (Wildman–Crippen LogP) is 2.73. The molecular formula is C11H13F3N2OS. The third-order valence-corrected chi connectivity index (χ3v) is 4.85. The Morgan fingerprint density at radius 2 is 2.22 bits per heavy atom. The SMILES string of the molecule is NC(c1cnc(C(F)(F)F)s1)C1CC2CCC1O2. The second kappa shape index (κ2) is 4.18. The quantitative estimate of drug-likeness (QED) is 0.905. The minimum Gasteiger partial charge on any atom is -0.375 e. The van der Waals surface area contributed by atoms with Gasteiger partial charge in [0.05, 0.1) is 12.2 Å². The van der Waals surface area contributed by atoms with E-state index in [0.29, 0.717) is 16.2 Å². The summed E-state index contributed by atoms with van der Waals surface area (Å²) in [6, 6.07) is -0.395. The van der Waals surface area contributed by atoms with Gasteiger partial charge in [-0.15, -0.1) is 11.3 Å². The highest BCUT2D eigenvalue weighted by atomic mass is 32.1. The van der Waals surface area contributed by atoms with Gasteiger partial charge in [-0.25, -0.2) is 4.98 Å². The molecule has 0 aliphatic carbocycles. The normalized spacial score (nSPS) is 33.0. The average molecular weight is 278 g/mol. The van der Waals surface area contributed by atoms with Crippen LogP contribution in [-0.4, -0.2) is 17.2 Å². The summed E-state index contributed by atoms with van der Waals surface area (Å²) in [6.07, 6.45) is 0.101. The number of nitrogens with zero attached hydrogens (tertiary/aromatic N) is 1. The Balaban J connectivity index is 1.76. The lowest BCUT2D eigenvalue weighted by atomic mass is 9.84. The van der Waals surface area contributed by atoms with Gasteiger partial charge < -0.3 is 10.5 Å². The standard InChI is InChI=1S/C11H13F3N2OS/c12-11(13,14)10-16-4-8(18-10)9(15)6-3-5-1-2-7(6)17-5/h4-7,9H,1-3,15H2. The number of ether oxygens (including phenoxy) is 1. The van der Waals surface area contributed by atoms with Crippen molar-refractivity contribution in [3.05, 3.63) is 16.1 Å². The van der Waals surface area contributed by atoms with Crippen LogP contribution < -0.4 is 5.73 Å². The van der Waals surface area contributed by atoms with Crippen LogP contribution >= 0.6 is 11.3 Å². The van der Waals surface area contributed by atoms with E-state index in [2.05, 4.69) is 4.98 Å². The second-order valence-corrected chi connectivity index (χ2v) is 5.93. The third-order valence-electron chi connectivity index (χ3n) is 3.71. The molecule has 2 fully saturated rings. The van der Waals surface area contributed by atoms with Gasteiger partial charge in [-0.3, -0.25) is 0 Å². The summed E-state index contributed by atoms with van der Waals surface area (Å²) < 4.78 is 43.1. The molecule has 0 spiro atoms. The summed E-state index contributed by atoms with van der Waals surface area (Å²) in [5.74, 6) is 0.130. The van der Waals surface area contributed by atoms with E-state index in [-0.39, 0.29) is 18.1 Å². The fraction of sp³-hybridized carbons (Fsp3) is 0.727. The Labute approximate surface area is 106 Å². The van der Waals surface area contributed by atoms with E-state index in [1.807, 2.05) is 0 Å². The number of fused-ring (bicyclic) bond motifs is 2. The van der Waals surface area contributed by atoms with Crippen molar-refractivity contribution >= 4 is 11.3 Å². The lowest BCUT2D eigenvalue weighted by Gasteiger charge is -2.23. The number of alkyl halides is 3. The van der Waals surface area contributed by atoms with Crippen LogP contribution in [0.2, 0.25) is 0 Å². The summed E-state index contributed by atoms with van der Waals surface area (Å²) in [5.41, 5.74) is 6.07. The van der Waals surface area contributed by atoms with Crippen molar-refractivity contribution in [3.8, 4) is 0 Å². The van der Waals surface area contributed by atoms with Crippen molar-refractivity contribution in [2.75, 3.05) is 0 Å². The monoisotopic (exact) mass is 278 g/mol. The maximum atomic E-state index is 12.5. The van der Waals surface area contributed by atoms with E-state index in [0.717, 1.165) is 19.3 Å². The second-order valence-electron chi connectivity index (χ2n) is 4.86. The summed E-state index contributed by atoms with van der Waals surface area (Å²) >= 11 is 0.645. The molecule has 3 rings (SSSR count). The molecule has 18 heavy (non-hydrogen) atoms. The zero-order valence-electron chi connectivity index (χ0n) is 9.48. The number of aromatic nitrogens is 1. The number of halogens is 3. The van der Waals surface area contributed by atoms with Gasteiger partial charge in [0.1, 0.15) is 0 Å². The van der Waals surface area contributed by atoms with Crippen molar-refractivity contribution < 1.29 is 17.9 Å². The predicted molar refractivity (Wildman–Crippen MR) is 60.0 cm³/mol. The van der Waals surface area contributed by atoms with E-state index >= 15 is 0 Å². The number of hydrogen-bond acceptors (Lipinski definition) is 4. The number of rotatable bonds is 2. The molecule has 7 heteroatoms. The highest BCUT2D eigenvalue weighted by molar-refractivity contribution is 7.11. The first-order valence-corrected chi connectivity index (χ1v) is 6.71. The zero-order chi connectivity index (χ0) is 12.9. The first kappa shape index (κ1) is 12.4. The van der Waals surface area contributed by atoms with Gasteiger partial charge in [0.25, 0.3) is 0 Å². The van der Waals surface area contributed by atoms with Crippen LogP contribution in [0.5, 0.6) is 0 Å². The molecule has 2 saturated heterocycles. The van der Waals surface area contributed by atoms with Gasteiger partial charge in [0.2, 0.25) is 0 Å². The van der Waals surface area contributed by atoms with Gasteiger partial charge in [0, 0.05) is 23.0 Å². The molecule has 100 valence electrons. The van der Waals surface area contributed by atoms with E-state index in [1.165, 1.54) is 6.20 Å². The molecule has 2 N–H and O–H groups in total. The molecule has 0 amide bonds. The Kier molecular flexibility index (Phi) is 2.87. The number of hydrogen-bond donors (Lipinski definition) is 1. The average Bonchev–Trinajstić information content (AvgIpc) is 3.02. The van der Waals surface area contributed by atoms with Crippen molar-refractivity contribution in [1.29, 1.82) is 0 Å². The van der Waals surface area contributed by atoms with Crippen LogP contribution in [0.4, 0.5) is 13.2 Å². The molecule has 0 aromatic carbocycles. The molecule has 0 saturated carbocycles. The molecule has 4 unspecified atom stereocenters. The number of thiazole rings is 1. The molecule has 1 aromatic heterocycles. The molecule has 2 aliphatic rings. The van der Waals surface area contributed by atoms with Gasteiger partial charge in [0.15, 0.2) is 5.01 Å². The number of nitrogens with two attached hydrogens (primary N) is 1. The van der Waals surface area contributed by atoms with Crippen LogP contribution in [-0.2, 0) is 10.9 Å². The summed E-state index contributed by atoms with van der Waals surface area (Å²) in [7, 11) is 0. The summed E-state index contributed by atoms with van der Waals surface area (Å²) in [5, 5.41) is -0.822. The van der Waals surface area contributed by atoms with Crippen molar-refractivity contribution in [2.24, 2.45) is 11.7 Å². The lowest BCUT2D eigenvalue weighted by Crippen LogP contribution is -2.28. The van der Waals surface area contributed by atoms with Crippen LogP contribution in [0.15, 0.2) is 6.20 Å². The molecular weight excluding hydrogens is 265 g/mol. The minimum atomic E-state index is -4.38. The molecule has 1 aromatic rings. The highest BCUT2D eigenvalue weighted by Crippen LogP contribution is 2.45. The Hall–Kier alpha value is -0.660. The van der Waals surface area contributed by atoms with E-state index < -0.39 is 17.2 Å². The van der Waals surface area contributed by atoms with E-state index in [4.69, 9.17) is 10.5 Å². The summed E-state index contributed by atoms with van der Waals surface area (Å²) in [4.78, 5) is 3.92. The van der Waals surface area contributed by atoms with E-state index in [1.54, 1.807) is 0 Å². The van der Waals surface area contributed by atoms with Crippen LogP contribution in [0.3, 0.4) is 0 Å². The molecule has 3 heterocycles. The Morgan fingerprint density at radius 1 is 1.44 bits per heavy atom. The van der Waals surface area contributed by atoms with Gasteiger partial charge >= 0.3 is 6.18 Å². The van der Waals surface area contributed by atoms with Crippen LogP contribution in [0, 0.1) is 5.92 Å².